The predicted molar refractivity (Wildman–Crippen MR) is 83.9 cm³/mol. The lowest BCUT2D eigenvalue weighted by Crippen LogP contribution is -2.16. The van der Waals surface area contributed by atoms with Crippen LogP contribution in [0.2, 0.25) is 0 Å². The molecule has 0 atom stereocenters. The molecule has 0 saturated heterocycles. The van der Waals surface area contributed by atoms with Crippen LogP contribution in [0, 0.1) is 6.92 Å². The van der Waals surface area contributed by atoms with Gasteiger partial charge in [0.1, 0.15) is 5.01 Å². The van der Waals surface area contributed by atoms with Gasteiger partial charge in [0.05, 0.1) is 4.90 Å². The molecule has 1 aromatic carbocycles. The minimum absolute atomic E-state index is 0.228. The van der Waals surface area contributed by atoms with Gasteiger partial charge in [-0.3, -0.25) is 4.72 Å². The van der Waals surface area contributed by atoms with Gasteiger partial charge in [0, 0.05) is 6.54 Å². The zero-order chi connectivity index (χ0) is 15.3. The Morgan fingerprint density at radius 3 is 2.76 bits per heavy atom. The van der Waals surface area contributed by atoms with Crippen LogP contribution in [0.3, 0.4) is 0 Å². The lowest BCUT2D eigenvalue weighted by molar-refractivity contribution is 0.600. The summed E-state index contributed by atoms with van der Waals surface area (Å²) in [5, 5.41) is 11.8. The van der Waals surface area contributed by atoms with E-state index >= 15 is 0 Å². The van der Waals surface area contributed by atoms with Crippen molar-refractivity contribution in [2.75, 3.05) is 11.3 Å². The van der Waals surface area contributed by atoms with E-state index in [0.29, 0.717) is 11.6 Å². The minimum atomic E-state index is -3.62. The highest BCUT2D eigenvalue weighted by Gasteiger charge is 2.16. The molecule has 0 bridgehead atoms. The van der Waals surface area contributed by atoms with Gasteiger partial charge in [-0.2, -0.15) is 0 Å². The van der Waals surface area contributed by atoms with E-state index in [4.69, 9.17) is 0 Å². The average molecular weight is 326 g/mol. The smallest absolute Gasteiger partial charge is 0.263 e. The summed E-state index contributed by atoms with van der Waals surface area (Å²) in [6, 6.07) is 6.87. The molecule has 1 aromatic heterocycles. The fourth-order valence-electron chi connectivity index (χ4n) is 1.74. The van der Waals surface area contributed by atoms with E-state index in [9.17, 15) is 8.42 Å². The van der Waals surface area contributed by atoms with Crippen LogP contribution in [0.15, 0.2) is 29.2 Å². The Morgan fingerprint density at radius 2 is 2.10 bits per heavy atom. The van der Waals surface area contributed by atoms with Crippen molar-refractivity contribution < 1.29 is 8.42 Å². The van der Waals surface area contributed by atoms with E-state index < -0.39 is 10.0 Å². The molecular weight excluding hydrogens is 308 g/mol. The zero-order valence-corrected chi connectivity index (χ0v) is 13.6. The molecule has 2 rings (SSSR count). The Kier molecular flexibility index (Phi) is 5.27. The van der Waals surface area contributed by atoms with Crippen LogP contribution in [0.4, 0.5) is 5.13 Å². The number of nitrogens with one attached hydrogen (secondary N) is 2. The van der Waals surface area contributed by atoms with Crippen LogP contribution >= 0.6 is 11.3 Å². The van der Waals surface area contributed by atoms with Gasteiger partial charge in [0.25, 0.3) is 10.0 Å². The maximum absolute atomic E-state index is 12.3. The third-order valence-electron chi connectivity index (χ3n) is 2.71. The first kappa shape index (κ1) is 15.9. The van der Waals surface area contributed by atoms with Crippen LogP contribution in [-0.4, -0.2) is 25.2 Å². The van der Waals surface area contributed by atoms with Gasteiger partial charge >= 0.3 is 0 Å². The van der Waals surface area contributed by atoms with Crippen molar-refractivity contribution in [1.82, 2.24) is 15.5 Å². The molecule has 0 aliphatic heterocycles. The molecule has 8 heteroatoms. The first-order valence-electron chi connectivity index (χ1n) is 6.64. The van der Waals surface area contributed by atoms with E-state index in [-0.39, 0.29) is 10.0 Å². The van der Waals surface area contributed by atoms with Crippen LogP contribution < -0.4 is 10.0 Å². The number of rotatable bonds is 7. The number of anilines is 1. The maximum Gasteiger partial charge on any atom is 0.263 e. The number of benzene rings is 1. The molecule has 2 aromatic rings. The topological polar surface area (TPSA) is 84.0 Å². The molecule has 0 aliphatic rings. The highest BCUT2D eigenvalue weighted by Crippen LogP contribution is 2.19. The van der Waals surface area contributed by atoms with Crippen molar-refractivity contribution in [2.45, 2.75) is 31.7 Å². The molecule has 1 heterocycles. The van der Waals surface area contributed by atoms with Crippen LogP contribution in [-0.2, 0) is 16.6 Å². The molecule has 0 radical (unpaired) electrons. The SMILES string of the molecule is CCCNCc1cccc(S(=O)(=O)Nc2nnc(C)s2)c1. The maximum atomic E-state index is 12.3. The lowest BCUT2D eigenvalue weighted by atomic mass is 10.2. The molecule has 6 nitrogen and oxygen atoms in total. The van der Waals surface area contributed by atoms with Crippen molar-refractivity contribution in [3.8, 4) is 0 Å². The summed E-state index contributed by atoms with van der Waals surface area (Å²) in [4.78, 5) is 0.228. The summed E-state index contributed by atoms with van der Waals surface area (Å²) < 4.78 is 27.0. The van der Waals surface area contributed by atoms with Gasteiger partial charge in [-0.15, -0.1) is 10.2 Å². The number of aryl methyl sites for hydroxylation is 1. The lowest BCUT2D eigenvalue weighted by Gasteiger charge is -2.08. The molecule has 0 spiro atoms. The number of hydrogen-bond acceptors (Lipinski definition) is 6. The Morgan fingerprint density at radius 1 is 1.29 bits per heavy atom. The molecule has 0 saturated carbocycles. The van der Waals surface area contributed by atoms with Gasteiger partial charge in [-0.05, 0) is 37.6 Å². The fourth-order valence-corrected chi connectivity index (χ4v) is 3.64. The minimum Gasteiger partial charge on any atom is -0.313 e. The third kappa shape index (κ3) is 4.48. The summed E-state index contributed by atoms with van der Waals surface area (Å²) in [7, 11) is -3.62. The monoisotopic (exact) mass is 326 g/mol. The van der Waals surface area contributed by atoms with Crippen molar-refractivity contribution in [3.05, 3.63) is 34.8 Å². The Bertz CT molecular complexity index is 698. The normalized spacial score (nSPS) is 11.5. The fraction of sp³-hybridized carbons (Fsp3) is 0.385. The summed E-state index contributed by atoms with van der Waals surface area (Å²) in [6.07, 6.45) is 1.04. The third-order valence-corrected chi connectivity index (χ3v) is 4.93. The standard InChI is InChI=1S/C13H18N4O2S2/c1-3-7-14-9-11-5-4-6-12(8-11)21(18,19)17-13-16-15-10(2)20-13/h4-6,8,14H,3,7,9H2,1-2H3,(H,16,17). The molecule has 0 aliphatic carbocycles. The van der Waals surface area contributed by atoms with Crippen LogP contribution in [0.25, 0.3) is 0 Å². The Hall–Kier alpha value is -1.51. The van der Waals surface area contributed by atoms with E-state index in [2.05, 4.69) is 27.2 Å². The van der Waals surface area contributed by atoms with Crippen molar-refractivity contribution >= 4 is 26.5 Å². The second-order valence-electron chi connectivity index (χ2n) is 4.56. The number of sulfonamides is 1. The van der Waals surface area contributed by atoms with Gasteiger partial charge in [0.15, 0.2) is 0 Å². The summed E-state index contributed by atoms with van der Waals surface area (Å²) in [6.45, 7) is 5.41. The summed E-state index contributed by atoms with van der Waals surface area (Å²) >= 11 is 1.21. The van der Waals surface area contributed by atoms with Gasteiger partial charge < -0.3 is 5.32 Å². The van der Waals surface area contributed by atoms with E-state index in [0.717, 1.165) is 18.5 Å². The highest BCUT2D eigenvalue weighted by atomic mass is 32.2. The first-order chi connectivity index (χ1) is 10.0. The number of aromatic nitrogens is 2. The Labute approximate surface area is 128 Å². The van der Waals surface area contributed by atoms with Gasteiger partial charge in [-0.1, -0.05) is 30.4 Å². The molecule has 0 unspecified atom stereocenters. The number of hydrogen-bond donors (Lipinski definition) is 2. The molecule has 0 amide bonds. The Balaban J connectivity index is 2.14. The second kappa shape index (κ2) is 6.97. The highest BCUT2D eigenvalue weighted by molar-refractivity contribution is 7.93. The van der Waals surface area contributed by atoms with Crippen molar-refractivity contribution in [1.29, 1.82) is 0 Å². The largest absolute Gasteiger partial charge is 0.313 e. The van der Waals surface area contributed by atoms with Crippen molar-refractivity contribution in [2.24, 2.45) is 0 Å². The van der Waals surface area contributed by atoms with Crippen LogP contribution in [0.5, 0.6) is 0 Å². The predicted octanol–water partition coefficient (Wildman–Crippen LogP) is 2.15. The van der Waals surface area contributed by atoms with E-state index in [1.807, 2.05) is 6.07 Å². The molecule has 114 valence electrons. The van der Waals surface area contributed by atoms with Crippen LogP contribution in [0.1, 0.15) is 23.9 Å². The average Bonchev–Trinajstić information content (AvgIpc) is 2.84. The zero-order valence-electron chi connectivity index (χ0n) is 12.0. The summed E-state index contributed by atoms with van der Waals surface area (Å²) in [5.74, 6) is 0. The molecule has 2 N–H and O–H groups in total. The quantitative estimate of drug-likeness (QED) is 0.762. The van der Waals surface area contributed by atoms with E-state index in [1.54, 1.807) is 25.1 Å². The first-order valence-corrected chi connectivity index (χ1v) is 8.94. The number of nitrogens with zero attached hydrogens (tertiary/aromatic N) is 2. The molecular formula is C13H18N4O2S2. The van der Waals surface area contributed by atoms with Crippen molar-refractivity contribution in [3.63, 3.8) is 0 Å². The molecule has 0 fully saturated rings. The van der Waals surface area contributed by atoms with Gasteiger partial charge in [-0.25, -0.2) is 8.42 Å². The summed E-state index contributed by atoms with van der Waals surface area (Å²) in [5.41, 5.74) is 0.930. The van der Waals surface area contributed by atoms with Gasteiger partial charge in [0.2, 0.25) is 5.13 Å². The van der Waals surface area contributed by atoms with E-state index in [1.165, 1.54) is 11.3 Å². The molecule has 21 heavy (non-hydrogen) atoms. The second-order valence-corrected chi connectivity index (χ2v) is 7.42.